The van der Waals surface area contributed by atoms with Crippen LogP contribution in [0.25, 0.3) is 0 Å². The molecule has 3 nitrogen and oxygen atoms in total. The zero-order valence-electron chi connectivity index (χ0n) is 13.7. The number of piperazine rings is 1. The molecule has 1 aromatic carbocycles. The second-order valence-corrected chi connectivity index (χ2v) is 6.89. The summed E-state index contributed by atoms with van der Waals surface area (Å²) in [5, 5.41) is 3.54. The Labute approximate surface area is 137 Å². The number of benzene rings is 1. The molecule has 2 rings (SSSR count). The summed E-state index contributed by atoms with van der Waals surface area (Å²) in [4.78, 5) is 5.05. The lowest BCUT2D eigenvalue weighted by atomic mass is 10.0. The number of halogens is 1. The van der Waals surface area contributed by atoms with Gasteiger partial charge in [0.25, 0.3) is 0 Å². The Balaban J connectivity index is 2.27. The number of nitrogens with zero attached hydrogens (tertiary/aromatic N) is 2. The largest absolute Gasteiger partial charge is 0.368 e. The van der Waals surface area contributed by atoms with Crippen LogP contribution in [0.3, 0.4) is 0 Å². The number of hydrogen-bond donors (Lipinski definition) is 1. The molecule has 1 aliphatic heterocycles. The van der Waals surface area contributed by atoms with Crippen LogP contribution in [-0.4, -0.2) is 44.2 Å². The maximum atomic E-state index is 3.64. The van der Waals surface area contributed by atoms with E-state index in [1.807, 2.05) is 0 Å². The highest BCUT2D eigenvalue weighted by Crippen LogP contribution is 2.31. The minimum absolute atomic E-state index is 0.387. The first-order chi connectivity index (χ1) is 10.1. The molecule has 0 aromatic heterocycles. The van der Waals surface area contributed by atoms with Gasteiger partial charge in [-0.2, -0.15) is 0 Å². The molecular formula is C17H28BrN3. The first-order valence-electron chi connectivity index (χ1n) is 8.04. The van der Waals surface area contributed by atoms with Crippen molar-refractivity contribution in [2.24, 2.45) is 0 Å². The van der Waals surface area contributed by atoms with E-state index in [0.29, 0.717) is 12.1 Å². The first kappa shape index (κ1) is 16.8. The van der Waals surface area contributed by atoms with Gasteiger partial charge >= 0.3 is 0 Å². The van der Waals surface area contributed by atoms with Crippen LogP contribution in [0.5, 0.6) is 0 Å². The van der Waals surface area contributed by atoms with Gasteiger partial charge in [0.2, 0.25) is 0 Å². The molecule has 0 spiro atoms. The Morgan fingerprint density at radius 1 is 1.33 bits per heavy atom. The minimum Gasteiger partial charge on any atom is -0.368 e. The minimum atomic E-state index is 0.387. The molecular weight excluding hydrogens is 326 g/mol. The molecule has 2 unspecified atom stereocenters. The Kier molecular flexibility index (Phi) is 6.08. The summed E-state index contributed by atoms with van der Waals surface area (Å²) in [6.45, 7) is 11.1. The average Bonchev–Trinajstić information content (AvgIpc) is 2.48. The Morgan fingerprint density at radius 3 is 2.76 bits per heavy atom. The molecule has 0 amide bonds. The van der Waals surface area contributed by atoms with Gasteiger partial charge in [-0.1, -0.05) is 35.8 Å². The van der Waals surface area contributed by atoms with Crippen molar-refractivity contribution in [2.45, 2.75) is 39.3 Å². The van der Waals surface area contributed by atoms with E-state index in [2.05, 4.69) is 77.1 Å². The van der Waals surface area contributed by atoms with Crippen molar-refractivity contribution < 1.29 is 0 Å². The van der Waals surface area contributed by atoms with E-state index in [1.165, 1.54) is 17.7 Å². The van der Waals surface area contributed by atoms with Gasteiger partial charge in [-0.25, -0.2) is 0 Å². The maximum Gasteiger partial charge on any atom is 0.0426 e. The number of nitrogens with one attached hydrogen (secondary N) is 1. The van der Waals surface area contributed by atoms with Crippen molar-refractivity contribution in [1.29, 1.82) is 0 Å². The molecule has 4 heteroatoms. The van der Waals surface area contributed by atoms with E-state index in [1.54, 1.807) is 0 Å². The summed E-state index contributed by atoms with van der Waals surface area (Å²) in [6.07, 6.45) is 1.21. The van der Waals surface area contributed by atoms with Crippen molar-refractivity contribution in [1.82, 2.24) is 10.2 Å². The second-order valence-electron chi connectivity index (χ2n) is 5.97. The van der Waals surface area contributed by atoms with E-state index < -0.39 is 0 Å². The van der Waals surface area contributed by atoms with Crippen LogP contribution in [0.15, 0.2) is 22.7 Å². The third-order valence-electron chi connectivity index (χ3n) is 4.56. The predicted molar refractivity (Wildman–Crippen MR) is 95.2 cm³/mol. The monoisotopic (exact) mass is 353 g/mol. The van der Waals surface area contributed by atoms with Gasteiger partial charge in [0.15, 0.2) is 0 Å². The SMILES string of the molecule is CCNC(C)c1ccc(Br)cc1N1CCN(C)C(CC)C1. The summed E-state index contributed by atoms with van der Waals surface area (Å²) < 4.78 is 1.16. The van der Waals surface area contributed by atoms with Crippen LogP contribution in [0.2, 0.25) is 0 Å². The molecule has 118 valence electrons. The highest BCUT2D eigenvalue weighted by Gasteiger charge is 2.25. The zero-order valence-corrected chi connectivity index (χ0v) is 15.3. The van der Waals surface area contributed by atoms with Crippen molar-refractivity contribution in [3.05, 3.63) is 28.2 Å². The van der Waals surface area contributed by atoms with Gasteiger partial charge in [-0.05, 0) is 44.6 Å². The van der Waals surface area contributed by atoms with Gasteiger partial charge in [-0.3, -0.25) is 4.90 Å². The molecule has 21 heavy (non-hydrogen) atoms. The fraction of sp³-hybridized carbons (Fsp3) is 0.647. The summed E-state index contributed by atoms with van der Waals surface area (Å²) in [7, 11) is 2.24. The van der Waals surface area contributed by atoms with Crippen LogP contribution >= 0.6 is 15.9 Å². The number of hydrogen-bond acceptors (Lipinski definition) is 3. The molecule has 2 atom stereocenters. The normalized spacial score (nSPS) is 21.6. The van der Waals surface area contributed by atoms with Gasteiger partial charge in [-0.15, -0.1) is 0 Å². The van der Waals surface area contributed by atoms with Crippen LogP contribution in [0, 0.1) is 0 Å². The van der Waals surface area contributed by atoms with Gasteiger partial charge in [0.1, 0.15) is 0 Å². The molecule has 1 fully saturated rings. The van der Waals surface area contributed by atoms with E-state index >= 15 is 0 Å². The lowest BCUT2D eigenvalue weighted by Gasteiger charge is -2.41. The number of anilines is 1. The fourth-order valence-electron chi connectivity index (χ4n) is 3.18. The third kappa shape index (κ3) is 3.99. The van der Waals surface area contributed by atoms with Gasteiger partial charge in [0, 0.05) is 41.9 Å². The fourth-order valence-corrected chi connectivity index (χ4v) is 3.53. The maximum absolute atomic E-state index is 3.64. The first-order valence-corrected chi connectivity index (χ1v) is 8.84. The molecule has 1 aromatic rings. The zero-order chi connectivity index (χ0) is 15.4. The third-order valence-corrected chi connectivity index (χ3v) is 5.05. The molecule has 1 N–H and O–H groups in total. The van der Waals surface area contributed by atoms with Crippen LogP contribution in [0.1, 0.15) is 38.8 Å². The van der Waals surface area contributed by atoms with Gasteiger partial charge < -0.3 is 10.2 Å². The predicted octanol–water partition coefficient (Wildman–Crippen LogP) is 3.65. The van der Waals surface area contributed by atoms with Crippen molar-refractivity contribution in [3.63, 3.8) is 0 Å². The summed E-state index contributed by atoms with van der Waals surface area (Å²) in [6, 6.07) is 7.73. The van der Waals surface area contributed by atoms with E-state index in [4.69, 9.17) is 0 Å². The number of likely N-dealkylation sites (N-methyl/N-ethyl adjacent to an activating group) is 1. The highest BCUT2D eigenvalue weighted by atomic mass is 79.9. The molecule has 0 saturated carbocycles. The number of rotatable bonds is 5. The Hall–Kier alpha value is -0.580. The standard InChI is InChI=1S/C17H28BrN3/c1-5-15-12-21(10-9-20(15)4)17-11-14(18)7-8-16(17)13(3)19-6-2/h7-8,11,13,15,19H,5-6,9-10,12H2,1-4H3. The molecule has 0 bridgehead atoms. The van der Waals surface area contributed by atoms with Crippen LogP contribution < -0.4 is 10.2 Å². The summed E-state index contributed by atoms with van der Waals surface area (Å²) in [5.74, 6) is 0. The van der Waals surface area contributed by atoms with Crippen molar-refractivity contribution in [3.8, 4) is 0 Å². The highest BCUT2D eigenvalue weighted by molar-refractivity contribution is 9.10. The summed E-state index contributed by atoms with van der Waals surface area (Å²) in [5.41, 5.74) is 2.78. The molecule has 1 heterocycles. The van der Waals surface area contributed by atoms with Crippen molar-refractivity contribution in [2.75, 3.05) is 38.1 Å². The lowest BCUT2D eigenvalue weighted by molar-refractivity contribution is 0.213. The molecule has 0 radical (unpaired) electrons. The molecule has 1 saturated heterocycles. The topological polar surface area (TPSA) is 18.5 Å². The smallest absolute Gasteiger partial charge is 0.0426 e. The van der Waals surface area contributed by atoms with Gasteiger partial charge in [0.05, 0.1) is 0 Å². The second kappa shape index (κ2) is 7.61. The Morgan fingerprint density at radius 2 is 2.10 bits per heavy atom. The van der Waals surface area contributed by atoms with E-state index in [0.717, 1.165) is 30.7 Å². The van der Waals surface area contributed by atoms with Crippen molar-refractivity contribution >= 4 is 21.6 Å². The Bertz CT molecular complexity index is 463. The van der Waals surface area contributed by atoms with Crippen LogP contribution in [0.4, 0.5) is 5.69 Å². The summed E-state index contributed by atoms with van der Waals surface area (Å²) >= 11 is 3.64. The van der Waals surface area contributed by atoms with E-state index in [-0.39, 0.29) is 0 Å². The average molecular weight is 354 g/mol. The molecule has 0 aliphatic carbocycles. The van der Waals surface area contributed by atoms with Crippen LogP contribution in [-0.2, 0) is 0 Å². The lowest BCUT2D eigenvalue weighted by Crippen LogP contribution is -2.51. The van der Waals surface area contributed by atoms with E-state index in [9.17, 15) is 0 Å². The quantitative estimate of drug-likeness (QED) is 0.871. The molecule has 1 aliphatic rings.